The van der Waals surface area contributed by atoms with Crippen molar-refractivity contribution in [3.05, 3.63) is 29.8 Å². The van der Waals surface area contributed by atoms with Crippen LogP contribution in [0.25, 0.3) is 0 Å². The number of piperidine rings is 1. The lowest BCUT2D eigenvalue weighted by molar-refractivity contribution is -0.146. The van der Waals surface area contributed by atoms with Crippen molar-refractivity contribution < 1.29 is 19.1 Å². The molecule has 0 N–H and O–H groups in total. The highest BCUT2D eigenvalue weighted by Gasteiger charge is 2.29. The maximum atomic E-state index is 12.7. The van der Waals surface area contributed by atoms with Crippen molar-refractivity contribution in [1.29, 1.82) is 0 Å². The summed E-state index contributed by atoms with van der Waals surface area (Å²) in [4.78, 5) is 26.1. The van der Waals surface area contributed by atoms with Gasteiger partial charge in [-0.05, 0) is 37.0 Å². The third-order valence-electron chi connectivity index (χ3n) is 3.91. The van der Waals surface area contributed by atoms with E-state index >= 15 is 0 Å². The lowest BCUT2D eigenvalue weighted by Gasteiger charge is -2.31. The third-order valence-corrected chi connectivity index (χ3v) is 3.91. The number of methoxy groups -OCH3 is 1. The van der Waals surface area contributed by atoms with Gasteiger partial charge in [-0.3, -0.25) is 9.59 Å². The Morgan fingerprint density at radius 3 is 2.83 bits per heavy atom. The normalized spacial score (nSPS) is 17.9. The Morgan fingerprint density at radius 2 is 2.13 bits per heavy atom. The first-order valence-corrected chi connectivity index (χ1v) is 8.11. The van der Waals surface area contributed by atoms with Gasteiger partial charge in [-0.15, -0.1) is 0 Å². The molecule has 1 unspecified atom stereocenters. The third kappa shape index (κ3) is 4.71. The van der Waals surface area contributed by atoms with Gasteiger partial charge in [0.2, 0.25) is 0 Å². The molecular formula is C18H25NO4. The fourth-order valence-corrected chi connectivity index (χ4v) is 2.69. The first-order chi connectivity index (χ1) is 11.0. The molecule has 1 atom stereocenters. The Balaban J connectivity index is 2.04. The van der Waals surface area contributed by atoms with Crippen LogP contribution in [0.15, 0.2) is 24.3 Å². The highest BCUT2D eigenvalue weighted by molar-refractivity contribution is 5.95. The smallest absolute Gasteiger partial charge is 0.310 e. The monoisotopic (exact) mass is 319 g/mol. The molecule has 5 heteroatoms. The Bertz CT molecular complexity index is 556. The number of hydrogen-bond donors (Lipinski definition) is 0. The lowest BCUT2D eigenvalue weighted by atomic mass is 9.97. The van der Waals surface area contributed by atoms with Gasteiger partial charge >= 0.3 is 5.97 Å². The molecule has 0 aliphatic carbocycles. The number of carbonyl (C=O) groups excluding carboxylic acids is 2. The van der Waals surface area contributed by atoms with Crippen molar-refractivity contribution in [3.8, 4) is 5.75 Å². The highest BCUT2D eigenvalue weighted by atomic mass is 16.5. The summed E-state index contributed by atoms with van der Waals surface area (Å²) >= 11 is 0. The zero-order valence-corrected chi connectivity index (χ0v) is 14.1. The molecule has 1 aromatic carbocycles. The largest absolute Gasteiger partial charge is 0.493 e. The molecule has 0 radical (unpaired) electrons. The quantitative estimate of drug-likeness (QED) is 0.783. The number of esters is 1. The first-order valence-electron chi connectivity index (χ1n) is 8.11. The molecular weight excluding hydrogens is 294 g/mol. The van der Waals surface area contributed by atoms with E-state index in [2.05, 4.69) is 13.8 Å². The number of benzene rings is 1. The average Bonchev–Trinajstić information content (AvgIpc) is 2.59. The predicted molar refractivity (Wildman–Crippen MR) is 87.4 cm³/mol. The zero-order chi connectivity index (χ0) is 16.8. The maximum Gasteiger partial charge on any atom is 0.310 e. The molecule has 1 fully saturated rings. The number of ether oxygens (including phenoxy) is 2. The molecule has 1 heterocycles. The van der Waals surface area contributed by atoms with Crippen LogP contribution >= 0.6 is 0 Å². The van der Waals surface area contributed by atoms with Crippen LogP contribution in [-0.4, -0.2) is 43.6 Å². The number of amides is 1. The van der Waals surface area contributed by atoms with Gasteiger partial charge in [0.25, 0.3) is 5.91 Å². The van der Waals surface area contributed by atoms with E-state index in [9.17, 15) is 9.59 Å². The van der Waals surface area contributed by atoms with Gasteiger partial charge in [-0.2, -0.15) is 0 Å². The molecule has 5 nitrogen and oxygen atoms in total. The molecule has 1 saturated heterocycles. The van der Waals surface area contributed by atoms with E-state index in [1.54, 1.807) is 17.0 Å². The molecule has 1 amide bonds. The van der Waals surface area contributed by atoms with E-state index in [1.165, 1.54) is 7.11 Å². The number of hydrogen-bond acceptors (Lipinski definition) is 4. The van der Waals surface area contributed by atoms with E-state index in [1.807, 2.05) is 12.1 Å². The van der Waals surface area contributed by atoms with E-state index in [4.69, 9.17) is 9.47 Å². The number of likely N-dealkylation sites (tertiary alicyclic amines) is 1. The van der Waals surface area contributed by atoms with Gasteiger partial charge in [0.15, 0.2) is 0 Å². The molecule has 1 aliphatic rings. The summed E-state index contributed by atoms with van der Waals surface area (Å²) in [7, 11) is 1.39. The molecule has 23 heavy (non-hydrogen) atoms. The van der Waals surface area contributed by atoms with Crippen LogP contribution in [0, 0.1) is 11.8 Å². The second-order valence-corrected chi connectivity index (χ2v) is 6.35. The number of rotatable bonds is 5. The van der Waals surface area contributed by atoms with Crippen molar-refractivity contribution in [1.82, 2.24) is 4.90 Å². The van der Waals surface area contributed by atoms with Crippen LogP contribution in [0.4, 0.5) is 0 Å². The Morgan fingerprint density at radius 1 is 1.35 bits per heavy atom. The summed E-state index contributed by atoms with van der Waals surface area (Å²) in [6.07, 6.45) is 1.59. The molecule has 1 aromatic rings. The number of carbonyl (C=O) groups is 2. The van der Waals surface area contributed by atoms with E-state index in [-0.39, 0.29) is 17.8 Å². The van der Waals surface area contributed by atoms with Crippen LogP contribution in [0.1, 0.15) is 37.0 Å². The van der Waals surface area contributed by atoms with Gasteiger partial charge in [0, 0.05) is 18.7 Å². The SMILES string of the molecule is COC(=O)C1CCCN(C(=O)c2cccc(OCC(C)C)c2)C1. The van der Waals surface area contributed by atoms with Crippen LogP contribution < -0.4 is 4.74 Å². The van der Waals surface area contributed by atoms with Gasteiger partial charge in [-0.1, -0.05) is 19.9 Å². The van der Waals surface area contributed by atoms with E-state index in [0.29, 0.717) is 36.9 Å². The topological polar surface area (TPSA) is 55.8 Å². The van der Waals surface area contributed by atoms with Gasteiger partial charge in [0.1, 0.15) is 5.75 Å². The zero-order valence-electron chi connectivity index (χ0n) is 14.1. The van der Waals surface area contributed by atoms with E-state index < -0.39 is 0 Å². The molecule has 2 rings (SSSR count). The summed E-state index contributed by atoms with van der Waals surface area (Å²) < 4.78 is 10.5. The molecule has 126 valence electrons. The molecule has 0 bridgehead atoms. The van der Waals surface area contributed by atoms with Crippen molar-refractivity contribution >= 4 is 11.9 Å². The molecule has 0 spiro atoms. The Kier molecular flexibility index (Phi) is 6.02. The number of nitrogens with zero attached hydrogens (tertiary/aromatic N) is 1. The summed E-state index contributed by atoms with van der Waals surface area (Å²) in [6, 6.07) is 7.23. The maximum absolute atomic E-state index is 12.7. The molecule has 0 aromatic heterocycles. The minimum atomic E-state index is -0.239. The standard InChI is InChI=1S/C18H25NO4/c1-13(2)12-23-16-8-4-6-14(10-16)17(20)19-9-5-7-15(11-19)18(21)22-3/h4,6,8,10,13,15H,5,7,9,11-12H2,1-3H3. The predicted octanol–water partition coefficient (Wildman–Crippen LogP) is 2.75. The summed E-state index contributed by atoms with van der Waals surface area (Å²) in [5.74, 6) is 0.603. The second kappa shape index (κ2) is 7.99. The van der Waals surface area contributed by atoms with E-state index in [0.717, 1.165) is 12.8 Å². The second-order valence-electron chi connectivity index (χ2n) is 6.35. The summed E-state index contributed by atoms with van der Waals surface area (Å²) in [6.45, 7) is 5.86. The van der Waals surface area contributed by atoms with Crippen molar-refractivity contribution in [2.45, 2.75) is 26.7 Å². The van der Waals surface area contributed by atoms with Crippen LogP contribution in [0.5, 0.6) is 5.75 Å². The van der Waals surface area contributed by atoms with Gasteiger partial charge < -0.3 is 14.4 Å². The molecule has 1 aliphatic heterocycles. The minimum Gasteiger partial charge on any atom is -0.493 e. The van der Waals surface area contributed by atoms with Crippen LogP contribution in [0.3, 0.4) is 0 Å². The fraction of sp³-hybridized carbons (Fsp3) is 0.556. The highest BCUT2D eigenvalue weighted by Crippen LogP contribution is 2.21. The summed E-state index contributed by atoms with van der Waals surface area (Å²) in [5.41, 5.74) is 0.594. The summed E-state index contributed by atoms with van der Waals surface area (Å²) in [5, 5.41) is 0. The fourth-order valence-electron chi connectivity index (χ4n) is 2.69. The average molecular weight is 319 g/mol. The Hall–Kier alpha value is -2.04. The molecule has 0 saturated carbocycles. The van der Waals surface area contributed by atoms with Gasteiger partial charge in [-0.25, -0.2) is 0 Å². The first kappa shape index (κ1) is 17.3. The van der Waals surface area contributed by atoms with Crippen molar-refractivity contribution in [2.24, 2.45) is 11.8 Å². The lowest BCUT2D eigenvalue weighted by Crippen LogP contribution is -2.42. The van der Waals surface area contributed by atoms with Crippen LogP contribution in [0.2, 0.25) is 0 Å². The minimum absolute atomic E-state index is 0.0615. The Labute approximate surface area is 137 Å². The van der Waals surface area contributed by atoms with Crippen molar-refractivity contribution in [2.75, 3.05) is 26.8 Å². The van der Waals surface area contributed by atoms with Crippen molar-refractivity contribution in [3.63, 3.8) is 0 Å². The van der Waals surface area contributed by atoms with Crippen LogP contribution in [-0.2, 0) is 9.53 Å². The van der Waals surface area contributed by atoms with Gasteiger partial charge in [0.05, 0.1) is 19.6 Å².